The largest absolute Gasteiger partial charge is 0.293 e. The van der Waals surface area contributed by atoms with Crippen LogP contribution in [0.3, 0.4) is 0 Å². The van der Waals surface area contributed by atoms with Crippen LogP contribution in [0.15, 0.2) is 65.6 Å². The average molecular weight is 274 g/mol. The molecular weight excluding hydrogens is 260 g/mol. The van der Waals surface area contributed by atoms with Gasteiger partial charge in [-0.1, -0.05) is 48.5 Å². The second-order valence-corrected chi connectivity index (χ2v) is 6.50. The highest BCUT2D eigenvalue weighted by Gasteiger charge is 2.29. The number of Topliss-reactive ketones (excluding diaryl/α,β-unsaturated/α-hetero) is 1. The van der Waals surface area contributed by atoms with Gasteiger partial charge in [0.25, 0.3) is 0 Å². The molecule has 0 aliphatic carbocycles. The van der Waals surface area contributed by atoms with Gasteiger partial charge in [0.2, 0.25) is 0 Å². The van der Waals surface area contributed by atoms with Gasteiger partial charge in [0.15, 0.2) is 15.6 Å². The van der Waals surface area contributed by atoms with Gasteiger partial charge in [-0.05, 0) is 19.1 Å². The lowest BCUT2D eigenvalue weighted by Gasteiger charge is -2.12. The number of ketones is 1. The molecule has 0 N–H and O–H groups in total. The van der Waals surface area contributed by atoms with Crippen LogP contribution in [0, 0.1) is 0 Å². The number of hydrogen-bond donors (Lipinski definition) is 0. The Morgan fingerprint density at radius 2 is 1.37 bits per heavy atom. The fourth-order valence-electron chi connectivity index (χ4n) is 1.79. The minimum Gasteiger partial charge on any atom is -0.293 e. The first kappa shape index (κ1) is 13.5. The summed E-state index contributed by atoms with van der Waals surface area (Å²) in [5.74, 6) is -0.385. The molecule has 0 fully saturated rings. The molecule has 3 nitrogen and oxygen atoms in total. The minimum absolute atomic E-state index is 0.173. The Kier molecular flexibility index (Phi) is 3.81. The highest BCUT2D eigenvalue weighted by Crippen LogP contribution is 2.18. The van der Waals surface area contributed by atoms with E-state index in [0.717, 1.165) is 0 Å². The van der Waals surface area contributed by atoms with Crippen LogP contribution in [0.5, 0.6) is 0 Å². The van der Waals surface area contributed by atoms with Crippen LogP contribution in [0.1, 0.15) is 17.3 Å². The average Bonchev–Trinajstić information content (AvgIpc) is 2.47. The van der Waals surface area contributed by atoms with Gasteiger partial charge in [-0.15, -0.1) is 0 Å². The standard InChI is InChI=1S/C15H14O3S/c1-12(15(16)13-8-4-2-5-9-13)19(17,18)14-10-6-3-7-11-14/h2-12H,1H3/t12-/m0/s1. The van der Waals surface area contributed by atoms with Gasteiger partial charge in [0.1, 0.15) is 5.25 Å². The molecule has 98 valence electrons. The Hall–Kier alpha value is -1.94. The van der Waals surface area contributed by atoms with Crippen LogP contribution in [0.4, 0.5) is 0 Å². The van der Waals surface area contributed by atoms with Gasteiger partial charge in [0, 0.05) is 5.56 Å². The Labute approximate surface area is 112 Å². The van der Waals surface area contributed by atoms with Gasteiger partial charge >= 0.3 is 0 Å². The molecule has 0 aliphatic rings. The molecule has 0 aromatic heterocycles. The van der Waals surface area contributed by atoms with Gasteiger partial charge in [-0.2, -0.15) is 0 Å². The number of carbonyl (C=O) groups excluding carboxylic acids is 1. The van der Waals surface area contributed by atoms with Crippen molar-refractivity contribution >= 4 is 15.6 Å². The van der Waals surface area contributed by atoms with Crippen molar-refractivity contribution in [2.24, 2.45) is 0 Å². The maximum absolute atomic E-state index is 12.3. The van der Waals surface area contributed by atoms with E-state index in [1.165, 1.54) is 19.1 Å². The van der Waals surface area contributed by atoms with Crippen molar-refractivity contribution in [2.75, 3.05) is 0 Å². The Morgan fingerprint density at radius 1 is 0.895 bits per heavy atom. The second kappa shape index (κ2) is 5.36. The molecule has 2 rings (SSSR count). The van der Waals surface area contributed by atoms with Crippen LogP contribution in [0.2, 0.25) is 0 Å². The predicted octanol–water partition coefficient (Wildman–Crippen LogP) is 2.73. The number of benzene rings is 2. The van der Waals surface area contributed by atoms with Crippen molar-refractivity contribution in [2.45, 2.75) is 17.1 Å². The first-order valence-corrected chi connectivity index (χ1v) is 7.46. The van der Waals surface area contributed by atoms with Crippen molar-refractivity contribution in [3.63, 3.8) is 0 Å². The lowest BCUT2D eigenvalue weighted by molar-refractivity contribution is 0.0991. The third kappa shape index (κ3) is 2.74. The van der Waals surface area contributed by atoms with E-state index in [1.54, 1.807) is 48.5 Å². The van der Waals surface area contributed by atoms with E-state index in [2.05, 4.69) is 0 Å². The van der Waals surface area contributed by atoms with Crippen molar-refractivity contribution in [3.8, 4) is 0 Å². The maximum atomic E-state index is 12.3. The molecule has 2 aromatic rings. The molecule has 0 amide bonds. The zero-order valence-corrected chi connectivity index (χ0v) is 11.3. The lowest BCUT2D eigenvalue weighted by Crippen LogP contribution is -2.27. The van der Waals surface area contributed by atoms with Crippen molar-refractivity contribution < 1.29 is 13.2 Å². The smallest absolute Gasteiger partial charge is 0.188 e. The molecule has 19 heavy (non-hydrogen) atoms. The van der Waals surface area contributed by atoms with Crippen molar-refractivity contribution in [1.82, 2.24) is 0 Å². The summed E-state index contributed by atoms with van der Waals surface area (Å²) in [6.07, 6.45) is 0. The Morgan fingerprint density at radius 3 is 1.89 bits per heavy atom. The fraction of sp³-hybridized carbons (Fsp3) is 0.133. The quantitative estimate of drug-likeness (QED) is 0.805. The summed E-state index contributed by atoms with van der Waals surface area (Å²) in [7, 11) is -3.64. The van der Waals surface area contributed by atoms with Crippen LogP contribution >= 0.6 is 0 Å². The van der Waals surface area contributed by atoms with Crippen LogP contribution in [-0.4, -0.2) is 19.5 Å². The molecule has 0 bridgehead atoms. The topological polar surface area (TPSA) is 51.2 Å². The number of rotatable bonds is 4. The van der Waals surface area contributed by atoms with E-state index >= 15 is 0 Å². The highest BCUT2D eigenvalue weighted by molar-refractivity contribution is 7.92. The monoisotopic (exact) mass is 274 g/mol. The van der Waals surface area contributed by atoms with Crippen molar-refractivity contribution in [3.05, 3.63) is 66.2 Å². The molecule has 1 atom stereocenters. The van der Waals surface area contributed by atoms with E-state index in [0.29, 0.717) is 5.56 Å². The van der Waals surface area contributed by atoms with Gasteiger partial charge in [-0.25, -0.2) is 8.42 Å². The summed E-state index contributed by atoms with van der Waals surface area (Å²) in [6, 6.07) is 16.5. The first-order chi connectivity index (χ1) is 9.03. The summed E-state index contributed by atoms with van der Waals surface area (Å²) >= 11 is 0. The molecule has 0 radical (unpaired) electrons. The molecule has 0 unspecified atom stereocenters. The Balaban J connectivity index is 2.35. The summed E-state index contributed by atoms with van der Waals surface area (Å²) < 4.78 is 24.7. The molecule has 2 aromatic carbocycles. The van der Waals surface area contributed by atoms with E-state index < -0.39 is 15.1 Å². The predicted molar refractivity (Wildman–Crippen MR) is 73.9 cm³/mol. The third-order valence-corrected chi connectivity index (χ3v) is 5.04. The Bertz CT molecular complexity index is 661. The van der Waals surface area contributed by atoms with Crippen LogP contribution in [0.25, 0.3) is 0 Å². The highest BCUT2D eigenvalue weighted by atomic mass is 32.2. The first-order valence-electron chi connectivity index (χ1n) is 5.91. The lowest BCUT2D eigenvalue weighted by atomic mass is 10.1. The van der Waals surface area contributed by atoms with E-state index in [4.69, 9.17) is 0 Å². The third-order valence-electron chi connectivity index (χ3n) is 2.96. The molecule has 4 heteroatoms. The zero-order valence-electron chi connectivity index (χ0n) is 10.5. The molecule has 0 heterocycles. The van der Waals surface area contributed by atoms with E-state index in [9.17, 15) is 13.2 Å². The maximum Gasteiger partial charge on any atom is 0.188 e. The zero-order chi connectivity index (χ0) is 13.9. The normalized spacial score (nSPS) is 12.9. The summed E-state index contributed by atoms with van der Waals surface area (Å²) in [6.45, 7) is 1.43. The number of sulfone groups is 1. The van der Waals surface area contributed by atoms with E-state index in [-0.39, 0.29) is 10.7 Å². The molecule has 0 saturated heterocycles. The summed E-state index contributed by atoms with van der Waals surface area (Å²) in [5, 5.41) is -1.09. The second-order valence-electron chi connectivity index (χ2n) is 4.23. The van der Waals surface area contributed by atoms with Crippen LogP contribution < -0.4 is 0 Å². The molecular formula is C15H14O3S. The fourth-order valence-corrected chi connectivity index (χ4v) is 3.15. The summed E-state index contributed by atoms with van der Waals surface area (Å²) in [5.41, 5.74) is 0.412. The van der Waals surface area contributed by atoms with Gasteiger partial charge in [0.05, 0.1) is 4.90 Å². The number of carbonyl (C=O) groups is 1. The minimum atomic E-state index is -3.64. The number of hydrogen-bond acceptors (Lipinski definition) is 3. The van der Waals surface area contributed by atoms with Crippen molar-refractivity contribution in [1.29, 1.82) is 0 Å². The summed E-state index contributed by atoms with van der Waals surface area (Å²) in [4.78, 5) is 12.4. The van der Waals surface area contributed by atoms with Gasteiger partial charge in [-0.3, -0.25) is 4.79 Å². The molecule has 0 saturated carbocycles. The van der Waals surface area contributed by atoms with E-state index in [1.807, 2.05) is 0 Å². The molecule has 0 aliphatic heterocycles. The van der Waals surface area contributed by atoms with Gasteiger partial charge < -0.3 is 0 Å². The van der Waals surface area contributed by atoms with Crippen LogP contribution in [-0.2, 0) is 9.84 Å². The SMILES string of the molecule is C[C@@H](C(=O)c1ccccc1)S(=O)(=O)c1ccccc1. The molecule has 0 spiro atoms.